The summed E-state index contributed by atoms with van der Waals surface area (Å²) in [4.78, 5) is 82.1. The normalized spacial score (nSPS) is 31.1. The molecule has 6 amide bonds. The smallest absolute Gasteiger partial charge is 0.410 e. The molecule has 0 aromatic rings. The molecule has 0 aromatic heterocycles. The van der Waals surface area contributed by atoms with Crippen LogP contribution in [-0.2, 0) is 47.4 Å². The van der Waals surface area contributed by atoms with Crippen LogP contribution in [0.2, 0.25) is 0 Å². The molecule has 3 aliphatic heterocycles. The molecule has 2 saturated carbocycles. The van der Waals surface area contributed by atoms with Gasteiger partial charge in [0.05, 0.1) is 50.4 Å². The van der Waals surface area contributed by atoms with Gasteiger partial charge in [-0.1, -0.05) is 0 Å². The Morgan fingerprint density at radius 2 is 1.14 bits per heavy atom. The molecule has 0 bridgehead atoms. The number of likely N-dealkylation sites (tertiary alicyclic amines) is 1. The van der Waals surface area contributed by atoms with Gasteiger partial charge in [-0.05, 0) is 155 Å². The fourth-order valence-corrected chi connectivity index (χ4v) is 9.62. The van der Waals surface area contributed by atoms with Crippen molar-refractivity contribution in [3.05, 3.63) is 11.8 Å². The number of hydrogen-bond donors (Lipinski definition) is 9. The third-order valence-corrected chi connectivity index (χ3v) is 13.0. The number of aliphatic hydroxyl groups is 4. The summed E-state index contributed by atoms with van der Waals surface area (Å²) in [5.74, 6) is -0.379. The number of aliphatic hydroxyl groups excluding tert-OH is 2. The maximum atomic E-state index is 14.2. The summed E-state index contributed by atoms with van der Waals surface area (Å²) in [6.07, 6.45) is -11.1. The van der Waals surface area contributed by atoms with E-state index >= 15 is 0 Å². The SMILES string of the molecule is CN(C(=O)OC(C)(C)C)[C@@H]1[C@@H](O)[C@@H](O[C@@H]2[C@@H](O)[C@H](O[C@H]3OC(CNCC4CC(NC(=O)OC(C)(C)C)C4)=CC[C@H]3NC(=O)OC(C)(C)C)[C@@H](NC(=O)OC(C)(C)C)C[C@H]2NC(=O)C2(O)CN(C(=O)OC(C)(C)C)C2)OC[C@]1(C)O. The lowest BCUT2D eigenvalue weighted by Crippen LogP contribution is -2.74. The van der Waals surface area contributed by atoms with Crippen LogP contribution in [0, 0.1) is 5.92 Å². The van der Waals surface area contributed by atoms with Crippen molar-refractivity contribution in [3.8, 4) is 0 Å². The molecule has 0 radical (unpaired) electrons. The molecule has 79 heavy (non-hydrogen) atoms. The maximum absolute atomic E-state index is 14.2. The number of hydrogen-bond acceptors (Lipinski definition) is 20. The van der Waals surface area contributed by atoms with Gasteiger partial charge in [-0.15, -0.1) is 0 Å². The Balaban J connectivity index is 1.47. The number of β-amino-alcohol motifs (C(OH)–C–C–N with tert-alkyl or cyclic N) is 1. The Labute approximate surface area is 463 Å². The minimum absolute atomic E-state index is 0.0468. The summed E-state index contributed by atoms with van der Waals surface area (Å²) >= 11 is 0. The summed E-state index contributed by atoms with van der Waals surface area (Å²) < 4.78 is 53.1. The van der Waals surface area contributed by atoms with Gasteiger partial charge < -0.3 is 99.4 Å². The van der Waals surface area contributed by atoms with Gasteiger partial charge in [0, 0.05) is 13.1 Å². The fraction of sp³-hybridized carbons (Fsp3) is 0.849. The molecule has 9 N–H and O–H groups in total. The van der Waals surface area contributed by atoms with E-state index in [1.54, 1.807) is 110 Å². The summed E-state index contributed by atoms with van der Waals surface area (Å²) in [5, 5.41) is 62.5. The molecule has 11 atom stereocenters. The Kier molecular flexibility index (Phi) is 20.2. The molecule has 26 heteroatoms. The molecule has 2 aliphatic carbocycles. The summed E-state index contributed by atoms with van der Waals surface area (Å²) in [7, 11) is 1.31. The van der Waals surface area contributed by atoms with Crippen molar-refractivity contribution in [2.24, 2.45) is 5.92 Å². The first-order chi connectivity index (χ1) is 36.0. The summed E-state index contributed by atoms with van der Waals surface area (Å²) in [6, 6.07) is -5.13. The first-order valence-corrected chi connectivity index (χ1v) is 27.0. The van der Waals surface area contributed by atoms with Gasteiger partial charge in [0.25, 0.3) is 5.91 Å². The Hall–Kier alpha value is -4.96. The van der Waals surface area contributed by atoms with Crippen LogP contribution in [0.25, 0.3) is 0 Å². The highest BCUT2D eigenvalue weighted by Gasteiger charge is 2.57. The van der Waals surface area contributed by atoms with Crippen molar-refractivity contribution < 1.29 is 91.8 Å². The third kappa shape index (κ3) is 19.1. The van der Waals surface area contributed by atoms with E-state index in [0.717, 1.165) is 9.80 Å². The van der Waals surface area contributed by atoms with Gasteiger partial charge in [0.1, 0.15) is 63.8 Å². The van der Waals surface area contributed by atoms with Crippen molar-refractivity contribution in [1.82, 2.24) is 36.4 Å². The van der Waals surface area contributed by atoms with Crippen molar-refractivity contribution in [2.45, 2.75) is 243 Å². The number of ether oxygens (including phenoxy) is 9. The van der Waals surface area contributed by atoms with E-state index in [4.69, 9.17) is 42.6 Å². The predicted molar refractivity (Wildman–Crippen MR) is 282 cm³/mol. The Bertz CT molecular complexity index is 2180. The van der Waals surface area contributed by atoms with Crippen molar-refractivity contribution in [1.29, 1.82) is 0 Å². The average Bonchev–Trinajstić information content (AvgIpc) is 3.22. The van der Waals surface area contributed by atoms with E-state index in [9.17, 15) is 49.2 Å². The number of rotatable bonds is 14. The number of alkyl carbamates (subject to hydrolysis) is 3. The standard InChI is InChI=1S/C53H91N7O19/c1-47(2,3)75-42(64)55-29-20-28(21-29)23-54-24-30-18-19-31(57-43(65)76-48(4,5)6)39(72-30)73-37-33(58-44(66)77-49(7,8)9)22-32(56-41(63)53(70)25-60(26-53)46(68)79-51(13,14)15)36(34(37)61)74-40-35(62)38(52(16,69)27-71-40)59(17)45(67)78-50(10,11)12/h18,28-29,31-40,54,61-62,69-70H,19-27H2,1-17H3,(H,55,64)(H,56,63)(H,57,65)(H,58,66)/t28?,29?,31-,32-,33+,34-,35-,36+,37-,38-,39-,40-,52+/m1/s1. The highest BCUT2D eigenvalue weighted by atomic mass is 16.7. The lowest BCUT2D eigenvalue weighted by molar-refractivity contribution is -0.311. The van der Waals surface area contributed by atoms with Gasteiger partial charge in [0.15, 0.2) is 11.9 Å². The van der Waals surface area contributed by atoms with Crippen LogP contribution in [0.1, 0.15) is 136 Å². The van der Waals surface area contributed by atoms with E-state index in [-0.39, 0.29) is 31.3 Å². The molecule has 3 heterocycles. The Morgan fingerprint density at radius 3 is 1.66 bits per heavy atom. The van der Waals surface area contributed by atoms with Crippen LogP contribution in [0.4, 0.5) is 24.0 Å². The predicted octanol–water partition coefficient (Wildman–Crippen LogP) is 3.00. The first-order valence-electron chi connectivity index (χ1n) is 27.0. The zero-order valence-corrected chi connectivity index (χ0v) is 49.2. The fourth-order valence-electron chi connectivity index (χ4n) is 9.62. The Morgan fingerprint density at radius 1 is 0.658 bits per heavy atom. The third-order valence-electron chi connectivity index (χ3n) is 13.0. The van der Waals surface area contributed by atoms with Crippen LogP contribution in [0.15, 0.2) is 11.8 Å². The largest absolute Gasteiger partial charge is 0.466 e. The molecular weight excluding hydrogens is 1040 g/mol. The van der Waals surface area contributed by atoms with Crippen molar-refractivity contribution >= 4 is 36.4 Å². The molecule has 0 spiro atoms. The molecule has 0 aromatic carbocycles. The highest BCUT2D eigenvalue weighted by Crippen LogP contribution is 2.36. The minimum Gasteiger partial charge on any atom is -0.466 e. The molecule has 5 rings (SSSR count). The zero-order valence-electron chi connectivity index (χ0n) is 49.2. The van der Waals surface area contributed by atoms with Gasteiger partial charge in [-0.3, -0.25) is 4.79 Å². The number of carbonyl (C=O) groups excluding carboxylic acids is 6. The van der Waals surface area contributed by atoms with E-state index in [2.05, 4.69) is 26.6 Å². The number of likely N-dealkylation sites (N-methyl/N-ethyl adjacent to an activating group) is 1. The lowest BCUT2D eigenvalue weighted by atomic mass is 9.80. The zero-order chi connectivity index (χ0) is 59.6. The second kappa shape index (κ2) is 24.6. The van der Waals surface area contributed by atoms with Gasteiger partial charge >= 0.3 is 30.5 Å². The van der Waals surface area contributed by atoms with E-state index in [1.807, 2.05) is 0 Å². The second-order valence-electron chi connectivity index (χ2n) is 26.6. The molecular formula is C53H91N7O19. The lowest BCUT2D eigenvalue weighted by Gasteiger charge is -2.51. The minimum atomic E-state index is -2.17. The van der Waals surface area contributed by atoms with Crippen LogP contribution < -0.4 is 26.6 Å². The molecule has 26 nitrogen and oxygen atoms in total. The monoisotopic (exact) mass is 1130 g/mol. The molecule has 452 valence electrons. The number of amides is 6. The topological polar surface area (TPSA) is 333 Å². The second-order valence-corrected chi connectivity index (χ2v) is 26.6. The quantitative estimate of drug-likeness (QED) is 0.113. The van der Waals surface area contributed by atoms with Gasteiger partial charge in [-0.25, -0.2) is 24.0 Å². The molecule has 2 saturated heterocycles. The van der Waals surface area contributed by atoms with E-state index < -0.39 is 156 Å². The van der Waals surface area contributed by atoms with Gasteiger partial charge in [-0.2, -0.15) is 0 Å². The van der Waals surface area contributed by atoms with Crippen LogP contribution in [-0.4, -0.2) is 213 Å². The number of carbonyl (C=O) groups is 6. The van der Waals surface area contributed by atoms with E-state index in [0.29, 0.717) is 25.1 Å². The molecule has 5 aliphatic rings. The molecule has 4 fully saturated rings. The van der Waals surface area contributed by atoms with Crippen molar-refractivity contribution in [3.63, 3.8) is 0 Å². The summed E-state index contributed by atoms with van der Waals surface area (Å²) in [6.45, 7) is 25.9. The first kappa shape index (κ1) is 64.9. The van der Waals surface area contributed by atoms with Crippen LogP contribution in [0.3, 0.4) is 0 Å². The van der Waals surface area contributed by atoms with Crippen LogP contribution in [0.5, 0.6) is 0 Å². The maximum Gasteiger partial charge on any atom is 0.410 e. The highest BCUT2D eigenvalue weighted by molar-refractivity contribution is 5.89. The van der Waals surface area contributed by atoms with Crippen LogP contribution >= 0.6 is 0 Å². The number of nitrogens with one attached hydrogen (secondary N) is 5. The number of nitrogens with zero attached hydrogens (tertiary/aromatic N) is 2. The van der Waals surface area contributed by atoms with Crippen molar-refractivity contribution in [2.75, 3.05) is 39.8 Å². The molecule has 0 unspecified atom stereocenters. The summed E-state index contributed by atoms with van der Waals surface area (Å²) in [5.41, 5.74) is -8.45. The van der Waals surface area contributed by atoms with Gasteiger partial charge in [0.2, 0.25) is 6.29 Å². The van der Waals surface area contributed by atoms with E-state index in [1.165, 1.54) is 14.0 Å². The average molecular weight is 1130 g/mol.